The van der Waals surface area contributed by atoms with Gasteiger partial charge in [0.05, 0.1) is 34.4 Å². The van der Waals surface area contributed by atoms with Gasteiger partial charge in [0.1, 0.15) is 12.1 Å². The highest BCUT2D eigenvalue weighted by molar-refractivity contribution is 6.23. The van der Waals surface area contributed by atoms with Crippen molar-refractivity contribution in [3.8, 4) is 17.0 Å². The fourth-order valence-corrected chi connectivity index (χ4v) is 9.80. The van der Waals surface area contributed by atoms with Gasteiger partial charge < -0.3 is 19.3 Å². The van der Waals surface area contributed by atoms with Gasteiger partial charge in [-0.15, -0.1) is 0 Å². The van der Waals surface area contributed by atoms with Gasteiger partial charge in [0.2, 0.25) is 11.8 Å². The Kier molecular flexibility index (Phi) is 10.2. The lowest BCUT2D eigenvalue weighted by Gasteiger charge is -2.41. The van der Waals surface area contributed by atoms with Crippen LogP contribution < -0.4 is 15.0 Å². The summed E-state index contributed by atoms with van der Waals surface area (Å²) in [4.78, 5) is 64.5. The number of carbonyl (C=O) groups excluding carboxylic acids is 4. The van der Waals surface area contributed by atoms with Gasteiger partial charge in [-0.25, -0.2) is 9.37 Å². The molecule has 4 aliphatic heterocycles. The number of aromatic nitrogens is 3. The maximum absolute atomic E-state index is 15.3. The second kappa shape index (κ2) is 15.9. The number of nitrogens with one attached hydrogen (secondary N) is 1. The maximum atomic E-state index is 15.3. The summed E-state index contributed by atoms with van der Waals surface area (Å²) in [5.41, 5.74) is 3.17. The molecule has 7 heterocycles. The van der Waals surface area contributed by atoms with Crippen LogP contribution in [0.5, 0.6) is 5.88 Å². The number of benzene rings is 2. The fourth-order valence-electron chi connectivity index (χ4n) is 9.80. The zero-order valence-electron chi connectivity index (χ0n) is 33.3. The van der Waals surface area contributed by atoms with Crippen molar-refractivity contribution in [3.63, 3.8) is 0 Å². The lowest BCUT2D eigenvalue weighted by atomic mass is 9.81. The summed E-state index contributed by atoms with van der Waals surface area (Å²) in [5, 5.41) is 3.50. The predicted molar refractivity (Wildman–Crippen MR) is 218 cm³/mol. The van der Waals surface area contributed by atoms with Crippen LogP contribution >= 0.6 is 0 Å². The first kappa shape index (κ1) is 39.3. The van der Waals surface area contributed by atoms with Gasteiger partial charge in [0, 0.05) is 79.8 Å². The lowest BCUT2D eigenvalue weighted by Crippen LogP contribution is -2.54. The summed E-state index contributed by atoms with van der Waals surface area (Å²) >= 11 is 0. The van der Waals surface area contributed by atoms with E-state index in [1.165, 1.54) is 18.5 Å². The molecule has 1 saturated carbocycles. The Morgan fingerprint density at radius 3 is 2.26 bits per heavy atom. The molecule has 5 aliphatic rings. The number of fused-ring (bicyclic) bond motifs is 4. The van der Waals surface area contributed by atoms with Crippen molar-refractivity contribution in [3.05, 3.63) is 84.1 Å². The molecule has 10 rings (SSSR count). The quantitative estimate of drug-likeness (QED) is 0.155. The molecule has 3 aromatic heterocycles. The lowest BCUT2D eigenvalue weighted by molar-refractivity contribution is -0.136. The van der Waals surface area contributed by atoms with Crippen molar-refractivity contribution in [2.24, 2.45) is 5.92 Å². The molecule has 1 atom stereocenters. The number of amides is 4. The summed E-state index contributed by atoms with van der Waals surface area (Å²) in [5.74, 6) is -2.23. The predicted octanol–water partition coefficient (Wildman–Crippen LogP) is 6.49. The average molecular weight is 836 g/mol. The number of likely N-dealkylation sites (tertiary alicyclic amines) is 1. The van der Waals surface area contributed by atoms with E-state index >= 15 is 4.39 Å². The van der Waals surface area contributed by atoms with Gasteiger partial charge in [0.15, 0.2) is 5.82 Å². The van der Waals surface area contributed by atoms with E-state index in [0.717, 1.165) is 86.4 Å². The van der Waals surface area contributed by atoms with E-state index in [-0.39, 0.29) is 48.2 Å². The van der Waals surface area contributed by atoms with Crippen molar-refractivity contribution in [2.75, 3.05) is 37.6 Å². The Balaban J connectivity index is 0.661. The first-order valence-electron chi connectivity index (χ1n) is 21.0. The highest BCUT2D eigenvalue weighted by atomic mass is 19.3. The van der Waals surface area contributed by atoms with Crippen molar-refractivity contribution < 1.29 is 41.8 Å². The molecule has 0 bridgehead atoms. The maximum Gasteiger partial charge on any atom is 0.319 e. The molecule has 1 N–H and O–H groups in total. The summed E-state index contributed by atoms with van der Waals surface area (Å²) in [7, 11) is 0. The topological polar surface area (TPSA) is 139 Å². The SMILES string of the molecule is O=C1CCC(N2C(=O)c3ccc(N4CCC(OC5CCN(C[C@H]6C[C@H](Oc7ncc(-c8ccc9c%10cnccc%10n(C(F)F)c9c8)cc7F)C6)CC5)CC4)cc3C2=O)C(=O)N1. The van der Waals surface area contributed by atoms with E-state index in [1.54, 1.807) is 42.6 Å². The summed E-state index contributed by atoms with van der Waals surface area (Å²) in [6.07, 6.45) is 10.2. The highest BCUT2D eigenvalue weighted by Gasteiger charge is 2.45. The monoisotopic (exact) mass is 835 g/mol. The third kappa shape index (κ3) is 7.39. The van der Waals surface area contributed by atoms with Crippen molar-refractivity contribution in [1.29, 1.82) is 0 Å². The number of nitrogens with zero attached hydrogens (tertiary/aromatic N) is 6. The smallest absolute Gasteiger partial charge is 0.319 e. The van der Waals surface area contributed by atoms with Crippen LogP contribution in [-0.4, -0.2) is 105 Å². The minimum absolute atomic E-state index is 0.0536. The van der Waals surface area contributed by atoms with E-state index in [9.17, 15) is 28.0 Å². The molecule has 1 aliphatic carbocycles. The van der Waals surface area contributed by atoms with Gasteiger partial charge in [-0.05, 0) is 92.8 Å². The molecule has 2 aromatic carbocycles. The zero-order valence-corrected chi connectivity index (χ0v) is 33.3. The number of alkyl halides is 2. The first-order valence-corrected chi connectivity index (χ1v) is 21.0. The van der Waals surface area contributed by atoms with Gasteiger partial charge in [-0.3, -0.25) is 38.9 Å². The minimum Gasteiger partial charge on any atom is -0.472 e. The normalized spacial score (nSPS) is 23.0. The Labute approximate surface area is 348 Å². The highest BCUT2D eigenvalue weighted by Crippen LogP contribution is 2.38. The van der Waals surface area contributed by atoms with Gasteiger partial charge in [-0.1, -0.05) is 12.1 Å². The molecule has 13 nitrogen and oxygen atoms in total. The molecular weight excluding hydrogens is 792 g/mol. The van der Waals surface area contributed by atoms with Crippen molar-refractivity contribution >= 4 is 51.1 Å². The van der Waals surface area contributed by atoms with Crippen LogP contribution in [-0.2, 0) is 14.3 Å². The second-order valence-electron chi connectivity index (χ2n) is 16.9. The Morgan fingerprint density at radius 2 is 1.52 bits per heavy atom. The van der Waals surface area contributed by atoms with Crippen LogP contribution in [0.4, 0.5) is 18.9 Å². The van der Waals surface area contributed by atoms with Crippen LogP contribution in [0.25, 0.3) is 32.9 Å². The van der Waals surface area contributed by atoms with E-state index in [1.807, 2.05) is 6.07 Å². The summed E-state index contributed by atoms with van der Waals surface area (Å²) in [6.45, 7) is 1.60. The average Bonchev–Trinajstić information content (AvgIpc) is 3.71. The largest absolute Gasteiger partial charge is 0.472 e. The Morgan fingerprint density at radius 1 is 0.770 bits per heavy atom. The van der Waals surface area contributed by atoms with E-state index in [4.69, 9.17) is 9.47 Å². The molecule has 16 heteroatoms. The minimum atomic E-state index is -2.75. The molecule has 1 unspecified atom stereocenters. The van der Waals surface area contributed by atoms with Gasteiger partial charge in [0.25, 0.3) is 17.7 Å². The fraction of sp³-hybridized carbons (Fsp3) is 0.422. The molecule has 0 radical (unpaired) electrons. The standard InChI is InChI=1S/C45H44F3N7O6/c46-36-19-27(26-1-3-32-35-23-49-12-7-37(35)54(45(47)48)39(32)20-26)22-50-42(36)61-31-17-25(18-31)24-52-13-8-29(9-14-52)60-30-10-15-53(16-11-30)28-2-4-33-34(21-28)44(59)55(43(33)58)38-5-6-40(56)51-41(38)57/h1-4,7,12,19-23,25,29-31,38,45H,5-6,8-11,13-18,24H2,(H,51,56,57)/t25-,31-,38?. The van der Waals surface area contributed by atoms with Crippen molar-refractivity contribution in [1.82, 2.24) is 29.7 Å². The molecule has 4 fully saturated rings. The molecule has 5 aromatic rings. The number of piperidine rings is 3. The molecule has 316 valence electrons. The molecular formula is C45H44F3N7O6. The number of anilines is 1. The van der Waals surface area contributed by atoms with Crippen molar-refractivity contribution in [2.45, 2.75) is 82.3 Å². The first-order chi connectivity index (χ1) is 29.6. The van der Waals surface area contributed by atoms with Crippen LogP contribution in [0.2, 0.25) is 0 Å². The van der Waals surface area contributed by atoms with Gasteiger partial charge in [-0.2, -0.15) is 8.78 Å². The number of halogens is 3. The third-order valence-electron chi connectivity index (χ3n) is 13.1. The van der Waals surface area contributed by atoms with Gasteiger partial charge >= 0.3 is 6.55 Å². The number of hydrogen-bond acceptors (Lipinski definition) is 10. The van der Waals surface area contributed by atoms with E-state index < -0.39 is 42.0 Å². The molecule has 4 amide bonds. The van der Waals surface area contributed by atoms with E-state index in [2.05, 4.69) is 25.1 Å². The van der Waals surface area contributed by atoms with Crippen LogP contribution in [0.3, 0.4) is 0 Å². The number of hydrogen-bond donors (Lipinski definition) is 1. The van der Waals surface area contributed by atoms with Crippen LogP contribution in [0, 0.1) is 11.7 Å². The summed E-state index contributed by atoms with van der Waals surface area (Å²) < 4.78 is 57.0. The number of rotatable bonds is 10. The molecule has 3 saturated heterocycles. The number of imide groups is 2. The van der Waals surface area contributed by atoms with E-state index in [0.29, 0.717) is 38.9 Å². The second-order valence-corrected chi connectivity index (χ2v) is 16.9. The number of pyridine rings is 2. The zero-order chi connectivity index (χ0) is 41.9. The summed E-state index contributed by atoms with van der Waals surface area (Å²) in [6, 6.07) is 12.3. The third-order valence-corrected chi connectivity index (χ3v) is 13.1. The number of carbonyl (C=O) groups is 4. The molecule has 0 spiro atoms. The Bertz CT molecular complexity index is 2560. The Hall–Kier alpha value is -5.87. The van der Waals surface area contributed by atoms with Crippen LogP contribution in [0.15, 0.2) is 67.1 Å². The molecule has 61 heavy (non-hydrogen) atoms. The number of ether oxygens (including phenoxy) is 2. The van der Waals surface area contributed by atoms with Crippen LogP contribution in [0.1, 0.15) is 78.6 Å².